The average Bonchev–Trinajstić information content (AvgIpc) is 3.02. The van der Waals surface area contributed by atoms with Crippen LogP contribution in [-0.2, 0) is 6.54 Å². The van der Waals surface area contributed by atoms with Gasteiger partial charge in [-0.15, -0.1) is 0 Å². The number of fused-ring (bicyclic) bond motifs is 1. The summed E-state index contributed by atoms with van der Waals surface area (Å²) in [5, 5.41) is 28.3. The minimum atomic E-state index is -0.297. The third-order valence-corrected chi connectivity index (χ3v) is 4.51. The van der Waals surface area contributed by atoms with Gasteiger partial charge in [0.15, 0.2) is 24.6 Å². The van der Waals surface area contributed by atoms with Gasteiger partial charge in [-0.2, -0.15) is 10.5 Å². The highest BCUT2D eigenvalue weighted by Gasteiger charge is 2.32. The molecule has 0 saturated heterocycles. The molecule has 146 valence electrons. The Morgan fingerprint density at radius 1 is 1.17 bits per heavy atom. The third kappa shape index (κ3) is 4.21. The Labute approximate surface area is 168 Å². The van der Waals surface area contributed by atoms with Crippen LogP contribution in [0.25, 0.3) is 6.08 Å². The standard InChI is InChI=1S/C22H19N3O4/c1-2-28-19-6-4-3-5-15(19)13-20-21(27)16-7-8-18(26)17(22(16)29-20)14-25(11-9-23)12-10-24/h3-8,13,26H,2,11-12,14H2,1H3/p+1/b20-13-. The number of hydrogen-bond acceptors (Lipinski definition) is 6. The number of carbonyl (C=O) groups is 1. The summed E-state index contributed by atoms with van der Waals surface area (Å²) in [7, 11) is 0. The molecule has 2 aromatic carbocycles. The maximum absolute atomic E-state index is 12.8. The predicted octanol–water partition coefficient (Wildman–Crippen LogP) is 1.84. The van der Waals surface area contributed by atoms with Crippen LogP contribution in [0.3, 0.4) is 0 Å². The molecule has 0 unspecified atom stereocenters. The second-order valence-corrected chi connectivity index (χ2v) is 6.45. The fourth-order valence-electron chi connectivity index (χ4n) is 3.16. The van der Waals surface area contributed by atoms with Crippen LogP contribution in [0.5, 0.6) is 17.2 Å². The van der Waals surface area contributed by atoms with Crippen LogP contribution < -0.4 is 14.4 Å². The van der Waals surface area contributed by atoms with E-state index in [1.54, 1.807) is 6.08 Å². The monoisotopic (exact) mass is 390 g/mol. The molecule has 2 aromatic rings. The van der Waals surface area contributed by atoms with Crippen molar-refractivity contribution in [2.24, 2.45) is 0 Å². The van der Waals surface area contributed by atoms with Gasteiger partial charge in [-0.05, 0) is 31.2 Å². The van der Waals surface area contributed by atoms with Gasteiger partial charge in [-0.3, -0.25) is 4.79 Å². The quantitative estimate of drug-likeness (QED) is 0.552. The maximum Gasteiger partial charge on any atom is 0.231 e. The molecule has 0 bridgehead atoms. The lowest BCUT2D eigenvalue weighted by atomic mass is 10.0. The number of nitrogens with one attached hydrogen (secondary N) is 1. The Morgan fingerprint density at radius 3 is 2.59 bits per heavy atom. The van der Waals surface area contributed by atoms with E-state index in [0.29, 0.717) is 33.9 Å². The van der Waals surface area contributed by atoms with E-state index in [1.807, 2.05) is 43.3 Å². The average molecular weight is 390 g/mol. The number of ketones is 1. The van der Waals surface area contributed by atoms with Crippen LogP contribution in [0, 0.1) is 22.7 Å². The molecule has 1 aliphatic rings. The molecule has 29 heavy (non-hydrogen) atoms. The minimum absolute atomic E-state index is 0.0408. The Morgan fingerprint density at radius 2 is 1.90 bits per heavy atom. The number of para-hydroxylation sites is 1. The summed E-state index contributed by atoms with van der Waals surface area (Å²) in [6, 6.07) is 14.3. The van der Waals surface area contributed by atoms with E-state index in [2.05, 4.69) is 0 Å². The number of phenolic OH excluding ortho intramolecular Hbond substituents is 1. The van der Waals surface area contributed by atoms with E-state index in [1.165, 1.54) is 12.1 Å². The first-order chi connectivity index (χ1) is 14.1. The molecule has 0 aromatic heterocycles. The van der Waals surface area contributed by atoms with E-state index < -0.39 is 0 Å². The van der Waals surface area contributed by atoms with Crippen molar-refractivity contribution in [2.75, 3.05) is 19.7 Å². The highest BCUT2D eigenvalue weighted by Crippen LogP contribution is 2.39. The first kappa shape index (κ1) is 19.9. The molecule has 7 nitrogen and oxygen atoms in total. The number of nitrogens with zero attached hydrogens (tertiary/aromatic N) is 2. The highest BCUT2D eigenvalue weighted by molar-refractivity contribution is 6.15. The topological polar surface area (TPSA) is 108 Å². The first-order valence-electron chi connectivity index (χ1n) is 9.17. The first-order valence-corrected chi connectivity index (χ1v) is 9.17. The van der Waals surface area contributed by atoms with Crippen LogP contribution in [0.2, 0.25) is 0 Å². The van der Waals surface area contributed by atoms with Crippen molar-refractivity contribution in [1.82, 2.24) is 0 Å². The third-order valence-electron chi connectivity index (χ3n) is 4.51. The number of phenols is 1. The molecule has 0 amide bonds. The maximum atomic E-state index is 12.8. The summed E-state index contributed by atoms with van der Waals surface area (Å²) in [5.74, 6) is 0.691. The molecule has 2 N–H and O–H groups in total. The number of quaternary nitrogens is 1. The zero-order chi connectivity index (χ0) is 20.8. The SMILES string of the molecule is CCOc1ccccc1/C=C1\Oc2c(ccc(O)c2C[NH+](CC#N)CC#N)C1=O. The molecule has 7 heteroatoms. The lowest BCUT2D eigenvalue weighted by Crippen LogP contribution is -3.10. The van der Waals surface area contributed by atoms with Gasteiger partial charge < -0.3 is 19.5 Å². The number of aromatic hydroxyl groups is 1. The van der Waals surface area contributed by atoms with Gasteiger partial charge in [-0.25, -0.2) is 0 Å². The molecule has 0 fully saturated rings. The molecule has 0 atom stereocenters. The molecule has 0 spiro atoms. The molecule has 1 aliphatic heterocycles. The van der Waals surface area contributed by atoms with Gasteiger partial charge in [0.05, 0.1) is 17.7 Å². The number of rotatable bonds is 7. The van der Waals surface area contributed by atoms with Crippen LogP contribution in [0.1, 0.15) is 28.4 Å². The Hall–Kier alpha value is -3.81. The fourth-order valence-corrected chi connectivity index (χ4v) is 3.16. The fraction of sp³-hybridized carbons (Fsp3) is 0.227. The molecule has 0 saturated carbocycles. The number of nitriles is 2. The van der Waals surface area contributed by atoms with Crippen molar-refractivity contribution in [3.8, 4) is 29.4 Å². The van der Waals surface area contributed by atoms with Crippen LogP contribution >= 0.6 is 0 Å². The van der Waals surface area contributed by atoms with Gasteiger partial charge in [0.1, 0.15) is 30.2 Å². The summed E-state index contributed by atoms with van der Waals surface area (Å²) in [6.45, 7) is 2.74. The van der Waals surface area contributed by atoms with E-state index in [9.17, 15) is 9.90 Å². The lowest BCUT2D eigenvalue weighted by molar-refractivity contribution is -0.899. The van der Waals surface area contributed by atoms with E-state index >= 15 is 0 Å². The van der Waals surface area contributed by atoms with Crippen molar-refractivity contribution in [2.45, 2.75) is 13.5 Å². The minimum Gasteiger partial charge on any atom is -0.507 e. The normalized spacial score (nSPS) is 13.7. The number of allylic oxidation sites excluding steroid dienone is 1. The van der Waals surface area contributed by atoms with Crippen LogP contribution in [0.4, 0.5) is 0 Å². The molecule has 0 radical (unpaired) electrons. The summed E-state index contributed by atoms with van der Waals surface area (Å²) in [6.07, 6.45) is 1.61. The second kappa shape index (κ2) is 8.92. The molecular formula is C22H20N3O4+. The lowest BCUT2D eigenvalue weighted by Gasteiger charge is -2.15. The van der Waals surface area contributed by atoms with Gasteiger partial charge in [0, 0.05) is 5.56 Å². The van der Waals surface area contributed by atoms with Crippen molar-refractivity contribution < 1.29 is 24.3 Å². The number of benzene rings is 2. The van der Waals surface area contributed by atoms with Crippen molar-refractivity contribution in [1.29, 1.82) is 10.5 Å². The zero-order valence-electron chi connectivity index (χ0n) is 15.9. The number of Topliss-reactive ketones (excluding diaryl/α,β-unsaturated/α-hetero) is 1. The number of hydrogen-bond donors (Lipinski definition) is 2. The van der Waals surface area contributed by atoms with Crippen LogP contribution in [0.15, 0.2) is 42.2 Å². The number of ether oxygens (including phenoxy) is 2. The van der Waals surface area contributed by atoms with Crippen molar-refractivity contribution in [3.63, 3.8) is 0 Å². The predicted molar refractivity (Wildman–Crippen MR) is 104 cm³/mol. The molecule has 1 heterocycles. The zero-order valence-corrected chi connectivity index (χ0v) is 15.9. The summed E-state index contributed by atoms with van der Waals surface area (Å²) in [5.41, 5.74) is 1.45. The highest BCUT2D eigenvalue weighted by atomic mass is 16.5. The van der Waals surface area contributed by atoms with Crippen molar-refractivity contribution >= 4 is 11.9 Å². The summed E-state index contributed by atoms with van der Waals surface area (Å²) in [4.78, 5) is 13.5. The van der Waals surface area contributed by atoms with Gasteiger partial charge >= 0.3 is 0 Å². The van der Waals surface area contributed by atoms with Gasteiger partial charge in [0.25, 0.3) is 0 Å². The van der Waals surface area contributed by atoms with E-state index in [4.69, 9.17) is 20.0 Å². The second-order valence-electron chi connectivity index (χ2n) is 6.45. The molecular weight excluding hydrogens is 370 g/mol. The molecule has 3 rings (SSSR count). The van der Waals surface area contributed by atoms with E-state index in [-0.39, 0.29) is 42.7 Å². The summed E-state index contributed by atoms with van der Waals surface area (Å²) < 4.78 is 11.4. The number of carbonyl (C=O) groups excluding carboxylic acids is 1. The smallest absolute Gasteiger partial charge is 0.231 e. The Balaban J connectivity index is 1.97. The van der Waals surface area contributed by atoms with Gasteiger partial charge in [0.2, 0.25) is 5.78 Å². The van der Waals surface area contributed by atoms with Gasteiger partial charge in [-0.1, -0.05) is 18.2 Å². The molecule has 0 aliphatic carbocycles. The Bertz CT molecular complexity index is 1030. The van der Waals surface area contributed by atoms with Crippen molar-refractivity contribution in [3.05, 3.63) is 58.8 Å². The van der Waals surface area contributed by atoms with E-state index in [0.717, 1.165) is 0 Å². The largest absolute Gasteiger partial charge is 0.507 e. The summed E-state index contributed by atoms with van der Waals surface area (Å²) >= 11 is 0. The Kier molecular flexibility index (Phi) is 6.13. The van der Waals surface area contributed by atoms with Crippen LogP contribution in [-0.4, -0.2) is 30.6 Å².